The Kier molecular flexibility index (Phi) is 4.57. The van der Waals surface area contributed by atoms with Crippen LogP contribution in [0.15, 0.2) is 66.7 Å². The van der Waals surface area contributed by atoms with Crippen molar-refractivity contribution >= 4 is 5.91 Å². The van der Waals surface area contributed by atoms with Crippen molar-refractivity contribution in [3.8, 4) is 17.0 Å². The van der Waals surface area contributed by atoms with Crippen LogP contribution in [0.3, 0.4) is 0 Å². The molecule has 0 unspecified atom stereocenters. The zero-order valence-electron chi connectivity index (χ0n) is 13.4. The molecule has 0 spiro atoms. The van der Waals surface area contributed by atoms with Gasteiger partial charge in [0, 0.05) is 11.3 Å². The maximum atomic E-state index is 11.7. The van der Waals surface area contributed by atoms with Crippen LogP contribution < -0.4 is 10.5 Å². The smallest absolute Gasteiger partial charge is 0.250 e. The van der Waals surface area contributed by atoms with Crippen LogP contribution in [0.2, 0.25) is 0 Å². The molecule has 0 atom stereocenters. The molecule has 0 bridgehead atoms. The van der Waals surface area contributed by atoms with Gasteiger partial charge in [0.15, 0.2) is 0 Å². The second kappa shape index (κ2) is 6.96. The molecule has 0 aliphatic carbocycles. The Labute approximate surface area is 140 Å². The molecule has 24 heavy (non-hydrogen) atoms. The number of rotatable bonds is 5. The SMILES string of the molecule is Cc1ccc(C(N)=O)c(-c2ccccc2OCc2ccccc2)n1. The molecule has 0 aliphatic rings. The van der Waals surface area contributed by atoms with Crippen molar-refractivity contribution in [3.05, 3.63) is 83.6 Å². The first-order chi connectivity index (χ1) is 11.6. The maximum Gasteiger partial charge on any atom is 0.250 e. The van der Waals surface area contributed by atoms with Gasteiger partial charge in [0.05, 0.1) is 11.3 Å². The molecule has 1 amide bonds. The Balaban J connectivity index is 1.98. The third-order valence-corrected chi connectivity index (χ3v) is 3.68. The van der Waals surface area contributed by atoms with Crippen molar-refractivity contribution in [3.63, 3.8) is 0 Å². The van der Waals surface area contributed by atoms with Gasteiger partial charge < -0.3 is 10.5 Å². The Bertz CT molecular complexity index is 861. The number of nitrogens with zero attached hydrogens (tertiary/aromatic N) is 1. The lowest BCUT2D eigenvalue weighted by Crippen LogP contribution is -2.13. The third kappa shape index (κ3) is 3.43. The molecule has 2 N–H and O–H groups in total. The third-order valence-electron chi connectivity index (χ3n) is 3.68. The second-order valence-corrected chi connectivity index (χ2v) is 5.48. The van der Waals surface area contributed by atoms with Gasteiger partial charge >= 0.3 is 0 Å². The van der Waals surface area contributed by atoms with Gasteiger partial charge in [-0.05, 0) is 36.8 Å². The summed E-state index contributed by atoms with van der Waals surface area (Å²) in [6.07, 6.45) is 0. The molecule has 0 saturated heterocycles. The van der Waals surface area contributed by atoms with E-state index in [1.54, 1.807) is 12.1 Å². The van der Waals surface area contributed by atoms with E-state index < -0.39 is 5.91 Å². The average molecular weight is 318 g/mol. The summed E-state index contributed by atoms with van der Waals surface area (Å²) in [4.78, 5) is 16.2. The summed E-state index contributed by atoms with van der Waals surface area (Å²) in [5.74, 6) is 0.164. The second-order valence-electron chi connectivity index (χ2n) is 5.48. The first kappa shape index (κ1) is 15.7. The quantitative estimate of drug-likeness (QED) is 0.779. The highest BCUT2D eigenvalue weighted by atomic mass is 16.5. The lowest BCUT2D eigenvalue weighted by molar-refractivity contribution is 0.100. The van der Waals surface area contributed by atoms with Crippen LogP contribution >= 0.6 is 0 Å². The van der Waals surface area contributed by atoms with Crippen LogP contribution in [0.4, 0.5) is 0 Å². The van der Waals surface area contributed by atoms with Gasteiger partial charge in [-0.1, -0.05) is 42.5 Å². The molecule has 2 aromatic carbocycles. The zero-order chi connectivity index (χ0) is 16.9. The molecule has 4 heteroatoms. The first-order valence-corrected chi connectivity index (χ1v) is 7.69. The summed E-state index contributed by atoms with van der Waals surface area (Å²) in [6.45, 7) is 2.32. The fourth-order valence-corrected chi connectivity index (χ4v) is 2.48. The lowest BCUT2D eigenvalue weighted by atomic mass is 10.0. The molecular weight excluding hydrogens is 300 g/mol. The van der Waals surface area contributed by atoms with Crippen molar-refractivity contribution in [2.75, 3.05) is 0 Å². The van der Waals surface area contributed by atoms with Crippen LogP contribution in [0.25, 0.3) is 11.3 Å². The van der Waals surface area contributed by atoms with Crippen LogP contribution in [0.1, 0.15) is 21.6 Å². The highest BCUT2D eigenvalue weighted by molar-refractivity contribution is 5.99. The van der Waals surface area contributed by atoms with Gasteiger partial charge in [0.25, 0.3) is 5.91 Å². The summed E-state index contributed by atoms with van der Waals surface area (Å²) in [6, 6.07) is 20.9. The van der Waals surface area contributed by atoms with Crippen molar-refractivity contribution in [2.45, 2.75) is 13.5 Å². The molecule has 0 radical (unpaired) electrons. The fraction of sp³-hybridized carbons (Fsp3) is 0.100. The molecule has 120 valence electrons. The van der Waals surface area contributed by atoms with E-state index in [9.17, 15) is 4.79 Å². The summed E-state index contributed by atoms with van der Waals surface area (Å²) >= 11 is 0. The summed E-state index contributed by atoms with van der Waals surface area (Å²) in [5, 5.41) is 0. The van der Waals surface area contributed by atoms with E-state index in [0.717, 1.165) is 16.8 Å². The van der Waals surface area contributed by atoms with Gasteiger partial charge in [-0.2, -0.15) is 0 Å². The fourth-order valence-electron chi connectivity index (χ4n) is 2.48. The van der Waals surface area contributed by atoms with Gasteiger partial charge in [0.2, 0.25) is 0 Å². The maximum absolute atomic E-state index is 11.7. The van der Waals surface area contributed by atoms with E-state index in [2.05, 4.69) is 4.98 Å². The topological polar surface area (TPSA) is 65.2 Å². The Morgan fingerprint density at radius 1 is 1.00 bits per heavy atom. The number of carbonyl (C=O) groups is 1. The van der Waals surface area contributed by atoms with Crippen LogP contribution in [-0.4, -0.2) is 10.9 Å². The number of aryl methyl sites for hydroxylation is 1. The summed E-state index contributed by atoms with van der Waals surface area (Å²) < 4.78 is 5.96. The minimum absolute atomic E-state index is 0.386. The normalized spacial score (nSPS) is 10.4. The number of primary amides is 1. The molecule has 1 heterocycles. The van der Waals surface area contributed by atoms with Crippen LogP contribution in [-0.2, 0) is 6.61 Å². The standard InChI is InChI=1S/C20H18N2O2/c1-14-11-12-17(20(21)23)19(22-14)16-9-5-6-10-18(16)24-13-15-7-3-2-4-8-15/h2-12H,13H2,1H3,(H2,21,23). The highest BCUT2D eigenvalue weighted by Gasteiger charge is 2.15. The van der Waals surface area contributed by atoms with Crippen LogP contribution in [0.5, 0.6) is 5.75 Å². The highest BCUT2D eigenvalue weighted by Crippen LogP contribution is 2.31. The number of hydrogen-bond acceptors (Lipinski definition) is 3. The van der Waals surface area contributed by atoms with E-state index >= 15 is 0 Å². The van der Waals surface area contributed by atoms with Gasteiger partial charge in [0.1, 0.15) is 12.4 Å². The molecule has 0 aliphatic heterocycles. The molecule has 1 aromatic heterocycles. The molecule has 0 fully saturated rings. The molecular formula is C20H18N2O2. The number of ether oxygens (including phenoxy) is 1. The Morgan fingerprint density at radius 2 is 1.71 bits per heavy atom. The lowest BCUT2D eigenvalue weighted by Gasteiger charge is -2.13. The van der Waals surface area contributed by atoms with Crippen molar-refractivity contribution in [1.29, 1.82) is 0 Å². The van der Waals surface area contributed by atoms with E-state index in [-0.39, 0.29) is 0 Å². The minimum atomic E-state index is -0.504. The van der Waals surface area contributed by atoms with Crippen molar-refractivity contribution in [2.24, 2.45) is 5.73 Å². The average Bonchev–Trinajstić information content (AvgIpc) is 2.61. The number of nitrogens with two attached hydrogens (primary N) is 1. The Morgan fingerprint density at radius 3 is 2.46 bits per heavy atom. The molecule has 4 nitrogen and oxygen atoms in total. The number of carbonyl (C=O) groups excluding carboxylic acids is 1. The number of aromatic nitrogens is 1. The zero-order valence-corrected chi connectivity index (χ0v) is 13.4. The molecule has 3 aromatic rings. The summed E-state index contributed by atoms with van der Waals surface area (Å²) in [7, 11) is 0. The number of amides is 1. The van der Waals surface area contributed by atoms with Crippen molar-refractivity contribution < 1.29 is 9.53 Å². The molecule has 3 rings (SSSR count). The van der Waals surface area contributed by atoms with E-state index in [1.807, 2.05) is 61.5 Å². The number of para-hydroxylation sites is 1. The minimum Gasteiger partial charge on any atom is -0.488 e. The van der Waals surface area contributed by atoms with Crippen molar-refractivity contribution in [1.82, 2.24) is 4.98 Å². The van der Waals surface area contributed by atoms with E-state index in [1.165, 1.54) is 0 Å². The Hall–Kier alpha value is -3.14. The number of benzene rings is 2. The summed E-state index contributed by atoms with van der Waals surface area (Å²) in [5.41, 5.74) is 9.07. The van der Waals surface area contributed by atoms with Gasteiger partial charge in [-0.25, -0.2) is 0 Å². The monoisotopic (exact) mass is 318 g/mol. The van der Waals surface area contributed by atoms with E-state index in [4.69, 9.17) is 10.5 Å². The predicted octanol–water partition coefficient (Wildman–Crippen LogP) is 3.73. The first-order valence-electron chi connectivity index (χ1n) is 7.69. The number of hydrogen-bond donors (Lipinski definition) is 1. The van der Waals surface area contributed by atoms with E-state index in [0.29, 0.717) is 23.6 Å². The largest absolute Gasteiger partial charge is 0.488 e. The molecule has 0 saturated carbocycles. The predicted molar refractivity (Wildman–Crippen MR) is 93.7 cm³/mol. The van der Waals surface area contributed by atoms with Gasteiger partial charge in [-0.3, -0.25) is 9.78 Å². The van der Waals surface area contributed by atoms with Gasteiger partial charge in [-0.15, -0.1) is 0 Å². The number of pyridine rings is 1. The van der Waals surface area contributed by atoms with Crippen LogP contribution in [0, 0.1) is 6.92 Å².